The van der Waals surface area contributed by atoms with Gasteiger partial charge in [-0.2, -0.15) is 0 Å². The van der Waals surface area contributed by atoms with Gasteiger partial charge in [-0.15, -0.1) is 11.8 Å². The summed E-state index contributed by atoms with van der Waals surface area (Å²) in [6, 6.07) is 8.82. The lowest BCUT2D eigenvalue weighted by molar-refractivity contribution is -0.126. The Morgan fingerprint density at radius 2 is 1.84 bits per heavy atom. The minimum Gasteiger partial charge on any atom is -0.355 e. The fourth-order valence-corrected chi connectivity index (χ4v) is 3.77. The molecule has 0 aliphatic carbocycles. The van der Waals surface area contributed by atoms with Gasteiger partial charge >= 0.3 is 0 Å². The van der Waals surface area contributed by atoms with Crippen molar-refractivity contribution < 1.29 is 4.79 Å². The van der Waals surface area contributed by atoms with Crippen LogP contribution in [-0.4, -0.2) is 61.2 Å². The molecule has 1 N–H and O–H groups in total. The van der Waals surface area contributed by atoms with Crippen molar-refractivity contribution in [3.63, 3.8) is 0 Å². The molecule has 0 aromatic heterocycles. The number of likely N-dealkylation sites (N-methyl/N-ethyl adjacent to an activating group) is 1. The third kappa shape index (κ3) is 6.65. The summed E-state index contributed by atoms with van der Waals surface area (Å²) in [5.41, 5.74) is 1.36. The smallest absolute Gasteiger partial charge is 0.223 e. The van der Waals surface area contributed by atoms with Gasteiger partial charge in [0.15, 0.2) is 0 Å². The molecule has 1 aliphatic rings. The van der Waals surface area contributed by atoms with E-state index >= 15 is 0 Å². The minimum atomic E-state index is 0.187. The molecular weight excluding hydrogens is 330 g/mol. The van der Waals surface area contributed by atoms with E-state index in [1.54, 1.807) is 11.8 Å². The molecule has 4 nitrogen and oxygen atoms in total. The van der Waals surface area contributed by atoms with Gasteiger partial charge in [0.25, 0.3) is 0 Å². The SMILES string of the molecule is CCN(CC)CCNC(=O)C1CCN(Cc2ccc(SC)cc2)CC1. The largest absolute Gasteiger partial charge is 0.355 e. The predicted octanol–water partition coefficient (Wildman–Crippen LogP) is 3.08. The van der Waals surface area contributed by atoms with Crippen molar-refractivity contribution in [1.29, 1.82) is 0 Å². The highest BCUT2D eigenvalue weighted by molar-refractivity contribution is 7.98. The van der Waals surface area contributed by atoms with Gasteiger partial charge in [-0.05, 0) is 63.0 Å². The van der Waals surface area contributed by atoms with Crippen LogP contribution in [0.5, 0.6) is 0 Å². The molecule has 0 spiro atoms. The number of likely N-dealkylation sites (tertiary alicyclic amines) is 1. The van der Waals surface area contributed by atoms with E-state index < -0.39 is 0 Å². The highest BCUT2D eigenvalue weighted by Crippen LogP contribution is 2.20. The van der Waals surface area contributed by atoms with Crippen LogP contribution in [-0.2, 0) is 11.3 Å². The zero-order chi connectivity index (χ0) is 18.1. The molecule has 0 atom stereocenters. The second kappa shape index (κ2) is 10.8. The number of amides is 1. The van der Waals surface area contributed by atoms with E-state index in [1.165, 1.54) is 10.5 Å². The third-order valence-corrected chi connectivity index (χ3v) is 5.89. The number of benzene rings is 1. The second-order valence-electron chi connectivity index (χ2n) is 6.72. The number of rotatable bonds is 9. The first kappa shape index (κ1) is 20.3. The average Bonchev–Trinajstić information content (AvgIpc) is 2.66. The minimum absolute atomic E-state index is 0.187. The number of carbonyl (C=O) groups excluding carboxylic acids is 1. The number of carbonyl (C=O) groups is 1. The number of hydrogen-bond donors (Lipinski definition) is 1. The first-order chi connectivity index (χ1) is 12.2. The molecule has 1 fully saturated rings. The molecule has 25 heavy (non-hydrogen) atoms. The summed E-state index contributed by atoms with van der Waals surface area (Å²) >= 11 is 1.78. The van der Waals surface area contributed by atoms with E-state index in [9.17, 15) is 4.79 Å². The summed E-state index contributed by atoms with van der Waals surface area (Å²) in [6.45, 7) is 11.1. The van der Waals surface area contributed by atoms with Crippen molar-refractivity contribution in [2.75, 3.05) is 45.5 Å². The molecule has 1 saturated heterocycles. The maximum Gasteiger partial charge on any atom is 0.223 e. The quantitative estimate of drug-likeness (QED) is 0.684. The van der Waals surface area contributed by atoms with Crippen molar-refractivity contribution in [2.45, 2.75) is 38.1 Å². The van der Waals surface area contributed by atoms with Crippen LogP contribution in [0.1, 0.15) is 32.3 Å². The van der Waals surface area contributed by atoms with E-state index in [-0.39, 0.29) is 11.8 Å². The van der Waals surface area contributed by atoms with Crippen LogP contribution < -0.4 is 5.32 Å². The first-order valence-corrected chi connectivity index (χ1v) is 10.7. The molecular formula is C20H33N3OS. The van der Waals surface area contributed by atoms with Crippen LogP contribution >= 0.6 is 11.8 Å². The van der Waals surface area contributed by atoms with Crippen molar-refractivity contribution in [3.05, 3.63) is 29.8 Å². The summed E-state index contributed by atoms with van der Waals surface area (Å²) in [5, 5.41) is 3.13. The van der Waals surface area contributed by atoms with Gasteiger partial charge in [0, 0.05) is 30.4 Å². The van der Waals surface area contributed by atoms with Gasteiger partial charge < -0.3 is 10.2 Å². The van der Waals surface area contributed by atoms with Crippen LogP contribution in [0, 0.1) is 5.92 Å². The Hall–Kier alpha value is -1.04. The maximum atomic E-state index is 12.3. The van der Waals surface area contributed by atoms with Crippen LogP contribution in [0.3, 0.4) is 0 Å². The molecule has 0 saturated carbocycles. The van der Waals surface area contributed by atoms with Crippen molar-refractivity contribution in [3.8, 4) is 0 Å². The van der Waals surface area contributed by atoms with Crippen LogP contribution in [0.15, 0.2) is 29.2 Å². The number of nitrogens with zero attached hydrogens (tertiary/aromatic N) is 2. The number of piperidine rings is 1. The van der Waals surface area contributed by atoms with Crippen molar-refractivity contribution in [2.24, 2.45) is 5.92 Å². The summed E-state index contributed by atoms with van der Waals surface area (Å²) < 4.78 is 0. The van der Waals surface area contributed by atoms with Gasteiger partial charge in [-0.25, -0.2) is 0 Å². The average molecular weight is 364 g/mol. The summed E-state index contributed by atoms with van der Waals surface area (Å²) in [5.74, 6) is 0.433. The summed E-state index contributed by atoms with van der Waals surface area (Å²) in [7, 11) is 0. The number of thioether (sulfide) groups is 1. The van der Waals surface area contributed by atoms with E-state index in [0.29, 0.717) is 0 Å². The highest BCUT2D eigenvalue weighted by Gasteiger charge is 2.24. The monoisotopic (exact) mass is 363 g/mol. The Bertz CT molecular complexity index is 508. The number of hydrogen-bond acceptors (Lipinski definition) is 4. The fraction of sp³-hybridized carbons (Fsp3) is 0.650. The molecule has 5 heteroatoms. The normalized spacial score (nSPS) is 16.3. The van der Waals surface area contributed by atoms with Crippen molar-refractivity contribution in [1.82, 2.24) is 15.1 Å². The molecule has 0 bridgehead atoms. The lowest BCUT2D eigenvalue weighted by atomic mass is 9.95. The standard InChI is InChI=1S/C20H33N3OS/c1-4-22(5-2)15-12-21-20(24)18-10-13-23(14-11-18)16-17-6-8-19(25-3)9-7-17/h6-9,18H,4-5,10-16H2,1-3H3,(H,21,24). The predicted molar refractivity (Wildman–Crippen MR) is 107 cm³/mol. The van der Waals surface area contributed by atoms with Crippen LogP contribution in [0.4, 0.5) is 0 Å². The first-order valence-electron chi connectivity index (χ1n) is 9.51. The molecule has 140 valence electrons. The molecule has 1 heterocycles. The maximum absolute atomic E-state index is 12.3. The summed E-state index contributed by atoms with van der Waals surface area (Å²) in [4.78, 5) is 18.5. The number of nitrogens with one attached hydrogen (secondary N) is 1. The Morgan fingerprint density at radius 3 is 2.40 bits per heavy atom. The van der Waals surface area contributed by atoms with Gasteiger partial charge in [-0.1, -0.05) is 26.0 Å². The lowest BCUT2D eigenvalue weighted by Crippen LogP contribution is -2.42. The van der Waals surface area contributed by atoms with E-state index in [1.807, 2.05) is 0 Å². The van der Waals surface area contributed by atoms with Gasteiger partial charge in [0.2, 0.25) is 5.91 Å². The zero-order valence-electron chi connectivity index (χ0n) is 16.0. The van der Waals surface area contributed by atoms with Crippen LogP contribution in [0.25, 0.3) is 0 Å². The van der Waals surface area contributed by atoms with E-state index in [2.05, 4.69) is 59.5 Å². The second-order valence-corrected chi connectivity index (χ2v) is 7.60. The third-order valence-electron chi connectivity index (χ3n) is 5.15. The molecule has 1 aliphatic heterocycles. The van der Waals surface area contributed by atoms with Crippen molar-refractivity contribution >= 4 is 17.7 Å². The molecule has 2 rings (SSSR count). The van der Waals surface area contributed by atoms with E-state index in [0.717, 1.165) is 58.7 Å². The van der Waals surface area contributed by atoms with E-state index in [4.69, 9.17) is 0 Å². The lowest BCUT2D eigenvalue weighted by Gasteiger charge is -2.31. The Balaban J connectivity index is 1.68. The molecule has 1 amide bonds. The highest BCUT2D eigenvalue weighted by atomic mass is 32.2. The van der Waals surface area contributed by atoms with Gasteiger partial charge in [-0.3, -0.25) is 9.69 Å². The Morgan fingerprint density at radius 1 is 1.20 bits per heavy atom. The zero-order valence-corrected chi connectivity index (χ0v) is 16.8. The van der Waals surface area contributed by atoms with Gasteiger partial charge in [0.05, 0.1) is 0 Å². The Labute approximate surface area is 157 Å². The molecule has 0 unspecified atom stereocenters. The van der Waals surface area contributed by atoms with Crippen LogP contribution in [0.2, 0.25) is 0 Å². The Kier molecular flexibility index (Phi) is 8.79. The molecule has 1 aromatic rings. The topological polar surface area (TPSA) is 35.6 Å². The summed E-state index contributed by atoms with van der Waals surface area (Å²) in [6.07, 6.45) is 4.05. The van der Waals surface area contributed by atoms with Gasteiger partial charge in [0.1, 0.15) is 0 Å². The molecule has 1 aromatic carbocycles. The molecule has 0 radical (unpaired) electrons. The fourth-order valence-electron chi connectivity index (χ4n) is 3.36.